The van der Waals surface area contributed by atoms with E-state index in [9.17, 15) is 9.18 Å². The minimum Gasteiger partial charge on any atom is -0.462 e. The number of hydrogen-bond donors (Lipinski definition) is 0. The minimum absolute atomic E-state index is 0.0382. The van der Waals surface area contributed by atoms with Crippen LogP contribution in [-0.2, 0) is 11.2 Å². The molecule has 1 aromatic heterocycles. The third-order valence-electron chi connectivity index (χ3n) is 1.79. The average Bonchev–Trinajstić information content (AvgIpc) is 2.04. The lowest BCUT2D eigenvalue weighted by atomic mass is 10.1. The first-order valence-electron chi connectivity index (χ1n) is 3.58. The number of fused-ring (bicyclic) bond motifs is 1. The lowest BCUT2D eigenvalue weighted by molar-refractivity contribution is 0.0473. The zero-order valence-corrected chi connectivity index (χ0v) is 6.21. The summed E-state index contributed by atoms with van der Waals surface area (Å²) in [6, 6.07) is 0. The zero-order valence-electron chi connectivity index (χ0n) is 6.21. The van der Waals surface area contributed by atoms with Crippen LogP contribution in [0.5, 0.6) is 0 Å². The van der Waals surface area contributed by atoms with Crippen molar-refractivity contribution >= 4 is 5.97 Å². The maximum Gasteiger partial charge on any atom is 0.341 e. The van der Waals surface area contributed by atoms with Gasteiger partial charge in [0.15, 0.2) is 5.82 Å². The van der Waals surface area contributed by atoms with E-state index in [2.05, 4.69) is 9.72 Å². The summed E-state index contributed by atoms with van der Waals surface area (Å²) in [5.74, 6) is -1.19. The monoisotopic (exact) mass is 167 g/mol. The summed E-state index contributed by atoms with van der Waals surface area (Å²) >= 11 is 0. The highest BCUT2D eigenvalue weighted by molar-refractivity contribution is 5.92. The van der Waals surface area contributed by atoms with Crippen LogP contribution in [0.15, 0.2) is 12.4 Å². The minimum atomic E-state index is -0.600. The third-order valence-corrected chi connectivity index (χ3v) is 1.79. The van der Waals surface area contributed by atoms with Crippen LogP contribution in [0.1, 0.15) is 15.9 Å². The Balaban J connectivity index is 2.60. The lowest BCUT2D eigenvalue weighted by Crippen LogP contribution is -2.19. The Bertz CT molecular complexity index is 338. The molecule has 2 rings (SSSR count). The van der Waals surface area contributed by atoms with Gasteiger partial charge in [0.25, 0.3) is 0 Å². The van der Waals surface area contributed by atoms with E-state index in [1.165, 1.54) is 6.20 Å². The number of rotatable bonds is 0. The number of ether oxygens (including phenoxy) is 1. The summed E-state index contributed by atoms with van der Waals surface area (Å²) < 4.78 is 17.6. The Labute approximate surface area is 68.2 Å². The lowest BCUT2D eigenvalue weighted by Gasteiger charge is -2.14. The number of nitrogens with zero attached hydrogens (tertiary/aromatic N) is 1. The number of esters is 1. The van der Waals surface area contributed by atoms with Crippen molar-refractivity contribution in [3.05, 3.63) is 29.3 Å². The smallest absolute Gasteiger partial charge is 0.341 e. The third kappa shape index (κ3) is 0.958. The molecule has 1 aromatic rings. The second-order valence-electron chi connectivity index (χ2n) is 2.54. The molecule has 0 saturated heterocycles. The van der Waals surface area contributed by atoms with Gasteiger partial charge in [0.05, 0.1) is 12.8 Å². The summed E-state index contributed by atoms with van der Waals surface area (Å²) in [4.78, 5) is 14.7. The fraction of sp³-hybridized carbons (Fsp3) is 0.250. The number of carbonyl (C=O) groups is 1. The Morgan fingerprint density at radius 1 is 1.50 bits per heavy atom. The van der Waals surface area contributed by atoms with Crippen LogP contribution >= 0.6 is 0 Å². The van der Waals surface area contributed by atoms with E-state index >= 15 is 0 Å². The summed E-state index contributed by atoms with van der Waals surface area (Å²) in [6.45, 7) is 0.316. The van der Waals surface area contributed by atoms with Gasteiger partial charge in [-0.15, -0.1) is 0 Å². The first-order valence-corrected chi connectivity index (χ1v) is 3.58. The zero-order chi connectivity index (χ0) is 8.55. The van der Waals surface area contributed by atoms with E-state index in [1.807, 2.05) is 0 Å². The van der Waals surface area contributed by atoms with E-state index in [1.54, 1.807) is 0 Å². The standard InChI is InChI=1S/C8H6FNO2/c9-6-4-10-3-5-1-2-12-8(11)7(5)6/h3-4H,1-2H2. The second kappa shape index (κ2) is 2.55. The molecule has 0 fully saturated rings. The molecule has 0 aliphatic carbocycles. The van der Waals surface area contributed by atoms with Crippen LogP contribution in [0.25, 0.3) is 0 Å². The van der Waals surface area contributed by atoms with Gasteiger partial charge in [0.1, 0.15) is 5.56 Å². The van der Waals surface area contributed by atoms with Crippen molar-refractivity contribution in [2.75, 3.05) is 6.61 Å². The molecule has 0 spiro atoms. The molecule has 12 heavy (non-hydrogen) atoms. The molecule has 2 heterocycles. The van der Waals surface area contributed by atoms with E-state index in [-0.39, 0.29) is 5.56 Å². The van der Waals surface area contributed by atoms with Crippen LogP contribution in [-0.4, -0.2) is 17.6 Å². The summed E-state index contributed by atoms with van der Waals surface area (Å²) in [5.41, 5.74) is 0.669. The number of carbonyl (C=O) groups excluding carboxylic acids is 1. The van der Waals surface area contributed by atoms with Crippen LogP contribution in [0.3, 0.4) is 0 Å². The molecule has 1 aliphatic rings. The summed E-state index contributed by atoms with van der Waals surface area (Å²) in [6.07, 6.45) is 3.07. The van der Waals surface area contributed by atoms with Gasteiger partial charge in [-0.05, 0) is 5.56 Å². The van der Waals surface area contributed by atoms with Crippen molar-refractivity contribution in [1.29, 1.82) is 0 Å². The van der Waals surface area contributed by atoms with E-state index in [0.29, 0.717) is 18.6 Å². The van der Waals surface area contributed by atoms with Gasteiger partial charge in [-0.2, -0.15) is 0 Å². The van der Waals surface area contributed by atoms with Crippen molar-refractivity contribution in [1.82, 2.24) is 4.98 Å². The second-order valence-corrected chi connectivity index (χ2v) is 2.54. The van der Waals surface area contributed by atoms with Crippen molar-refractivity contribution in [3.8, 4) is 0 Å². The molecular weight excluding hydrogens is 161 g/mol. The van der Waals surface area contributed by atoms with Crippen LogP contribution < -0.4 is 0 Å². The molecule has 1 aliphatic heterocycles. The van der Waals surface area contributed by atoms with Crippen LogP contribution in [0, 0.1) is 5.82 Å². The van der Waals surface area contributed by atoms with Gasteiger partial charge >= 0.3 is 5.97 Å². The largest absolute Gasteiger partial charge is 0.462 e. The average molecular weight is 167 g/mol. The number of hydrogen-bond acceptors (Lipinski definition) is 3. The normalized spacial score (nSPS) is 15.2. The number of halogens is 1. The fourth-order valence-electron chi connectivity index (χ4n) is 1.22. The first-order chi connectivity index (χ1) is 5.79. The van der Waals surface area contributed by atoms with Crippen LogP contribution in [0.2, 0.25) is 0 Å². The van der Waals surface area contributed by atoms with E-state index in [0.717, 1.165) is 6.20 Å². The van der Waals surface area contributed by atoms with Crippen molar-refractivity contribution < 1.29 is 13.9 Å². The van der Waals surface area contributed by atoms with Crippen molar-refractivity contribution in [2.45, 2.75) is 6.42 Å². The van der Waals surface area contributed by atoms with Gasteiger partial charge in [-0.3, -0.25) is 4.98 Å². The van der Waals surface area contributed by atoms with Gasteiger partial charge < -0.3 is 4.74 Å². The molecule has 0 N–H and O–H groups in total. The van der Waals surface area contributed by atoms with Gasteiger partial charge in [-0.25, -0.2) is 9.18 Å². The molecule has 62 valence electrons. The first kappa shape index (κ1) is 7.21. The molecule has 0 atom stereocenters. The molecule has 0 amide bonds. The number of pyridine rings is 1. The Kier molecular flexibility index (Phi) is 1.53. The summed E-state index contributed by atoms with van der Waals surface area (Å²) in [5, 5.41) is 0. The predicted molar refractivity (Wildman–Crippen MR) is 38.2 cm³/mol. The number of cyclic esters (lactones) is 1. The van der Waals surface area contributed by atoms with Crippen LogP contribution in [0.4, 0.5) is 4.39 Å². The molecule has 0 saturated carbocycles. The van der Waals surface area contributed by atoms with E-state index < -0.39 is 11.8 Å². The van der Waals surface area contributed by atoms with E-state index in [4.69, 9.17) is 0 Å². The van der Waals surface area contributed by atoms with Crippen molar-refractivity contribution in [2.24, 2.45) is 0 Å². The predicted octanol–water partition coefficient (Wildman–Crippen LogP) is 0.934. The molecule has 3 nitrogen and oxygen atoms in total. The van der Waals surface area contributed by atoms with Gasteiger partial charge in [0, 0.05) is 12.6 Å². The quantitative estimate of drug-likeness (QED) is 0.539. The molecular formula is C8H6FNO2. The maximum atomic E-state index is 13.0. The fourth-order valence-corrected chi connectivity index (χ4v) is 1.22. The number of aromatic nitrogens is 1. The topological polar surface area (TPSA) is 39.2 Å². The highest BCUT2D eigenvalue weighted by Gasteiger charge is 2.22. The molecule has 0 radical (unpaired) electrons. The van der Waals surface area contributed by atoms with Crippen molar-refractivity contribution in [3.63, 3.8) is 0 Å². The Morgan fingerprint density at radius 2 is 2.33 bits per heavy atom. The molecule has 4 heteroatoms. The SMILES string of the molecule is O=C1OCCc2cncc(F)c21. The molecule has 0 unspecified atom stereocenters. The highest BCUT2D eigenvalue weighted by Crippen LogP contribution is 2.17. The van der Waals surface area contributed by atoms with Gasteiger partial charge in [-0.1, -0.05) is 0 Å². The summed E-state index contributed by atoms with van der Waals surface area (Å²) in [7, 11) is 0. The highest BCUT2D eigenvalue weighted by atomic mass is 19.1. The Hall–Kier alpha value is -1.45. The Morgan fingerprint density at radius 3 is 3.08 bits per heavy atom. The molecule has 0 aromatic carbocycles. The maximum absolute atomic E-state index is 13.0. The molecule has 0 bridgehead atoms. The van der Waals surface area contributed by atoms with Gasteiger partial charge in [0.2, 0.25) is 0 Å².